The molecule has 182 valence electrons. The molecule has 2 amide bonds. The van der Waals surface area contributed by atoms with E-state index in [1.807, 2.05) is 43.3 Å². The number of ether oxygens (including phenoxy) is 2. The average molecular weight is 474 g/mol. The van der Waals surface area contributed by atoms with E-state index in [1.54, 1.807) is 30.6 Å². The Morgan fingerprint density at radius 2 is 1.80 bits per heavy atom. The Bertz CT molecular complexity index is 1140. The van der Waals surface area contributed by atoms with Crippen LogP contribution < -0.4 is 20.1 Å². The van der Waals surface area contributed by atoms with Crippen LogP contribution in [-0.4, -0.2) is 23.4 Å². The molecule has 0 saturated heterocycles. The highest BCUT2D eigenvalue weighted by Crippen LogP contribution is 2.29. The maximum absolute atomic E-state index is 12.8. The zero-order chi connectivity index (χ0) is 24.5. The Kier molecular flexibility index (Phi) is 8.33. The molecule has 7 heteroatoms. The molecular formula is C28H31N3O4. The monoisotopic (exact) mass is 473 g/mol. The number of nitrogens with one attached hydrogen (secondary N) is 2. The Hall–Kier alpha value is -3.87. The van der Waals surface area contributed by atoms with Gasteiger partial charge in [-0.2, -0.15) is 0 Å². The van der Waals surface area contributed by atoms with Gasteiger partial charge in [0.05, 0.1) is 6.61 Å². The van der Waals surface area contributed by atoms with Gasteiger partial charge in [-0.1, -0.05) is 31.0 Å². The largest absolute Gasteiger partial charge is 0.490 e. The molecule has 3 aromatic rings. The van der Waals surface area contributed by atoms with Crippen LogP contribution >= 0.6 is 0 Å². The normalized spacial score (nSPS) is 13.3. The molecule has 1 heterocycles. The molecule has 0 bridgehead atoms. The van der Waals surface area contributed by atoms with Crippen molar-refractivity contribution in [1.82, 2.24) is 10.3 Å². The molecule has 1 fully saturated rings. The number of hydrogen-bond acceptors (Lipinski definition) is 5. The van der Waals surface area contributed by atoms with E-state index in [1.165, 1.54) is 0 Å². The van der Waals surface area contributed by atoms with Gasteiger partial charge in [0.1, 0.15) is 6.61 Å². The third kappa shape index (κ3) is 6.82. The Balaban J connectivity index is 1.35. The number of nitrogens with zero attached hydrogens (tertiary/aromatic N) is 1. The molecule has 2 N–H and O–H groups in total. The first-order chi connectivity index (χ1) is 17.1. The summed E-state index contributed by atoms with van der Waals surface area (Å²) in [4.78, 5) is 29.3. The van der Waals surface area contributed by atoms with Crippen LogP contribution in [0.25, 0.3) is 0 Å². The zero-order valence-corrected chi connectivity index (χ0v) is 20.0. The van der Waals surface area contributed by atoms with Crippen molar-refractivity contribution in [3.63, 3.8) is 0 Å². The predicted octanol–water partition coefficient (Wildman–Crippen LogP) is 5.12. The van der Waals surface area contributed by atoms with Gasteiger partial charge < -0.3 is 20.1 Å². The lowest BCUT2D eigenvalue weighted by Gasteiger charge is -2.14. The summed E-state index contributed by atoms with van der Waals surface area (Å²) in [6.07, 6.45) is 7.61. The highest BCUT2D eigenvalue weighted by Gasteiger charge is 2.22. The van der Waals surface area contributed by atoms with Crippen LogP contribution in [0.2, 0.25) is 0 Å². The fourth-order valence-electron chi connectivity index (χ4n) is 4.16. The molecule has 7 nitrogen and oxygen atoms in total. The van der Waals surface area contributed by atoms with Crippen LogP contribution in [0.3, 0.4) is 0 Å². The lowest BCUT2D eigenvalue weighted by atomic mass is 10.1. The number of anilines is 1. The second kappa shape index (κ2) is 12.0. The quantitative estimate of drug-likeness (QED) is 0.427. The van der Waals surface area contributed by atoms with Gasteiger partial charge in [-0.15, -0.1) is 0 Å². The van der Waals surface area contributed by atoms with Crippen molar-refractivity contribution in [3.8, 4) is 11.5 Å². The summed E-state index contributed by atoms with van der Waals surface area (Å²) in [7, 11) is 0. The highest BCUT2D eigenvalue weighted by atomic mass is 16.5. The van der Waals surface area contributed by atoms with E-state index in [-0.39, 0.29) is 17.7 Å². The molecule has 0 spiro atoms. The highest BCUT2D eigenvalue weighted by molar-refractivity contribution is 5.95. The SMILES string of the molecule is CCOc1cc(C(=O)NCc2cccc(NC(=O)C3CCCC3)c2)ccc1OCc1cccnc1. The van der Waals surface area contributed by atoms with Crippen molar-refractivity contribution in [1.29, 1.82) is 0 Å². The molecule has 0 radical (unpaired) electrons. The minimum Gasteiger partial charge on any atom is -0.490 e. The molecule has 35 heavy (non-hydrogen) atoms. The summed E-state index contributed by atoms with van der Waals surface area (Å²) < 4.78 is 11.6. The molecule has 0 unspecified atom stereocenters. The minimum absolute atomic E-state index is 0.0815. The first kappa shape index (κ1) is 24.3. The summed E-state index contributed by atoms with van der Waals surface area (Å²) in [5.41, 5.74) is 3.08. The average Bonchev–Trinajstić information content (AvgIpc) is 3.43. The Labute approximate surface area is 205 Å². The molecule has 1 aliphatic rings. The van der Waals surface area contributed by atoms with E-state index in [2.05, 4.69) is 15.6 Å². The molecule has 0 atom stereocenters. The first-order valence-electron chi connectivity index (χ1n) is 12.1. The molecule has 1 aliphatic carbocycles. The lowest BCUT2D eigenvalue weighted by molar-refractivity contribution is -0.119. The van der Waals surface area contributed by atoms with Crippen molar-refractivity contribution >= 4 is 17.5 Å². The Morgan fingerprint density at radius 1 is 0.971 bits per heavy atom. The van der Waals surface area contributed by atoms with Crippen molar-refractivity contribution in [3.05, 3.63) is 83.7 Å². The van der Waals surface area contributed by atoms with E-state index in [0.29, 0.717) is 36.8 Å². The summed E-state index contributed by atoms with van der Waals surface area (Å²) in [6, 6.07) is 16.5. The fourth-order valence-corrected chi connectivity index (χ4v) is 4.16. The molecule has 1 saturated carbocycles. The predicted molar refractivity (Wildman–Crippen MR) is 134 cm³/mol. The van der Waals surface area contributed by atoms with E-state index in [9.17, 15) is 9.59 Å². The summed E-state index contributed by atoms with van der Waals surface area (Å²) in [5.74, 6) is 1.05. The van der Waals surface area contributed by atoms with Gasteiger partial charge in [0, 0.05) is 41.7 Å². The molecule has 1 aromatic heterocycles. The van der Waals surface area contributed by atoms with Crippen LogP contribution in [0.4, 0.5) is 5.69 Å². The van der Waals surface area contributed by atoms with Crippen LogP contribution in [0, 0.1) is 5.92 Å². The van der Waals surface area contributed by atoms with E-state index < -0.39 is 0 Å². The molecule has 2 aromatic carbocycles. The maximum atomic E-state index is 12.8. The van der Waals surface area contributed by atoms with Crippen LogP contribution in [-0.2, 0) is 17.9 Å². The van der Waals surface area contributed by atoms with Gasteiger partial charge in [-0.25, -0.2) is 0 Å². The topological polar surface area (TPSA) is 89.6 Å². The number of amides is 2. The second-order valence-corrected chi connectivity index (χ2v) is 8.60. The van der Waals surface area contributed by atoms with Gasteiger partial charge in [0.25, 0.3) is 5.91 Å². The van der Waals surface area contributed by atoms with Gasteiger partial charge in [-0.05, 0) is 61.7 Å². The number of pyridine rings is 1. The van der Waals surface area contributed by atoms with Crippen molar-refractivity contribution < 1.29 is 19.1 Å². The van der Waals surface area contributed by atoms with Crippen molar-refractivity contribution in [2.24, 2.45) is 5.92 Å². The number of aromatic nitrogens is 1. The minimum atomic E-state index is -0.217. The molecule has 4 rings (SSSR count). The number of rotatable bonds is 10. The molecule has 0 aliphatic heterocycles. The fraction of sp³-hybridized carbons (Fsp3) is 0.321. The summed E-state index contributed by atoms with van der Waals surface area (Å²) in [5, 5.41) is 5.95. The zero-order valence-electron chi connectivity index (χ0n) is 20.0. The smallest absolute Gasteiger partial charge is 0.251 e. The van der Waals surface area contributed by atoms with Gasteiger partial charge in [0.2, 0.25) is 5.91 Å². The van der Waals surface area contributed by atoms with E-state index in [4.69, 9.17) is 9.47 Å². The van der Waals surface area contributed by atoms with Crippen LogP contribution in [0.1, 0.15) is 54.1 Å². The van der Waals surface area contributed by atoms with Gasteiger partial charge >= 0.3 is 0 Å². The Morgan fingerprint density at radius 3 is 2.57 bits per heavy atom. The third-order valence-electron chi connectivity index (χ3n) is 6.00. The number of hydrogen-bond donors (Lipinski definition) is 2. The number of carbonyl (C=O) groups is 2. The van der Waals surface area contributed by atoms with Crippen LogP contribution in [0.15, 0.2) is 67.0 Å². The lowest BCUT2D eigenvalue weighted by Crippen LogP contribution is -2.23. The maximum Gasteiger partial charge on any atom is 0.251 e. The standard InChI is InChI=1S/C28H31N3O4/c1-2-34-26-16-23(12-13-25(26)35-19-21-8-6-14-29-17-21)27(32)30-18-20-7-5-11-24(15-20)31-28(33)22-9-3-4-10-22/h5-8,11-17,22H,2-4,9-10,18-19H2,1H3,(H,30,32)(H,31,33). The van der Waals surface area contributed by atoms with Gasteiger partial charge in [0.15, 0.2) is 11.5 Å². The summed E-state index contributed by atoms with van der Waals surface area (Å²) in [6.45, 7) is 3.03. The first-order valence-corrected chi connectivity index (χ1v) is 12.1. The molecular weight excluding hydrogens is 442 g/mol. The van der Waals surface area contributed by atoms with Gasteiger partial charge in [-0.3, -0.25) is 14.6 Å². The third-order valence-corrected chi connectivity index (χ3v) is 6.00. The van der Waals surface area contributed by atoms with E-state index in [0.717, 1.165) is 42.5 Å². The van der Waals surface area contributed by atoms with Crippen molar-refractivity contribution in [2.45, 2.75) is 45.8 Å². The second-order valence-electron chi connectivity index (χ2n) is 8.60. The number of benzene rings is 2. The van der Waals surface area contributed by atoms with Crippen molar-refractivity contribution in [2.75, 3.05) is 11.9 Å². The summed E-state index contributed by atoms with van der Waals surface area (Å²) >= 11 is 0. The van der Waals surface area contributed by atoms with E-state index >= 15 is 0 Å². The van der Waals surface area contributed by atoms with Crippen LogP contribution in [0.5, 0.6) is 11.5 Å². The number of carbonyl (C=O) groups excluding carboxylic acids is 2.